The molecule has 0 bridgehead atoms. The average molecular weight is 687 g/mol. The Kier molecular flexibility index (Phi) is 7.44. The van der Waals surface area contributed by atoms with Gasteiger partial charge in [-0.05, 0) is 50.1 Å². The molecule has 4 heterocycles. The average Bonchev–Trinajstić information content (AvgIpc) is 3.62. The molecule has 0 aliphatic heterocycles. The van der Waals surface area contributed by atoms with Gasteiger partial charge in [0.2, 0.25) is 0 Å². The second-order valence-electron chi connectivity index (χ2n) is 9.45. The first-order chi connectivity index (χ1) is 20.3. The minimum absolute atomic E-state index is 0.0570. The number of nitrogens with zero attached hydrogens (tertiary/aromatic N) is 6. The van der Waals surface area contributed by atoms with Crippen LogP contribution in [0, 0.1) is 11.8 Å². The largest absolute Gasteiger partial charge is 0.381 e. The van der Waals surface area contributed by atoms with Gasteiger partial charge in [0, 0.05) is 11.8 Å². The first kappa shape index (κ1) is 27.6. The highest BCUT2D eigenvalue weighted by molar-refractivity contribution is 14.1. The number of aromatic nitrogens is 6. The fourth-order valence-electron chi connectivity index (χ4n) is 4.61. The lowest BCUT2D eigenvalue weighted by atomic mass is 10.1. The van der Waals surface area contributed by atoms with Crippen molar-refractivity contribution in [2.24, 2.45) is 0 Å². The van der Waals surface area contributed by atoms with Crippen molar-refractivity contribution in [1.29, 1.82) is 0 Å². The molecule has 0 aliphatic rings. The highest BCUT2D eigenvalue weighted by Crippen LogP contribution is 2.25. The van der Waals surface area contributed by atoms with Crippen molar-refractivity contribution in [3.8, 4) is 17.5 Å². The van der Waals surface area contributed by atoms with Crippen LogP contribution in [0.4, 0.5) is 5.82 Å². The lowest BCUT2D eigenvalue weighted by molar-refractivity contribution is 0.0940. The molecule has 10 nitrogen and oxygen atoms in total. The highest BCUT2D eigenvalue weighted by atomic mass is 127. The molecular formula is C30H23IN8O2S. The Balaban J connectivity index is 1.46. The van der Waals surface area contributed by atoms with Crippen LogP contribution in [0.1, 0.15) is 56.1 Å². The molecule has 0 aliphatic carbocycles. The molecule has 0 fully saturated rings. The minimum Gasteiger partial charge on any atom is -0.381 e. The number of anilines is 1. The van der Waals surface area contributed by atoms with Gasteiger partial charge in [-0.3, -0.25) is 19.1 Å². The van der Waals surface area contributed by atoms with E-state index in [1.54, 1.807) is 37.0 Å². The van der Waals surface area contributed by atoms with E-state index < -0.39 is 11.9 Å². The molecule has 2 atom stereocenters. The predicted molar refractivity (Wildman–Crippen MR) is 171 cm³/mol. The van der Waals surface area contributed by atoms with Crippen LogP contribution in [0.2, 0.25) is 0 Å². The summed E-state index contributed by atoms with van der Waals surface area (Å²) in [4.78, 5) is 42.2. The van der Waals surface area contributed by atoms with Crippen molar-refractivity contribution < 1.29 is 4.79 Å². The maximum atomic E-state index is 14.2. The van der Waals surface area contributed by atoms with Gasteiger partial charge in [-0.25, -0.2) is 14.5 Å². The van der Waals surface area contributed by atoms with E-state index in [1.165, 1.54) is 20.4 Å². The van der Waals surface area contributed by atoms with Crippen LogP contribution in [-0.2, 0) is 0 Å². The van der Waals surface area contributed by atoms with Crippen LogP contribution < -0.4 is 16.6 Å². The molecule has 0 saturated carbocycles. The molecule has 2 unspecified atom stereocenters. The topological polar surface area (TPSA) is 133 Å². The lowest BCUT2D eigenvalue weighted by Crippen LogP contribution is -2.33. The Bertz CT molecular complexity index is 2080. The van der Waals surface area contributed by atoms with Crippen LogP contribution in [0.3, 0.4) is 0 Å². The van der Waals surface area contributed by atoms with Crippen molar-refractivity contribution in [2.45, 2.75) is 23.8 Å². The second-order valence-corrected chi connectivity index (χ2v) is 12.2. The zero-order chi connectivity index (χ0) is 29.4. The Hall–Kier alpha value is -4.61. The van der Waals surface area contributed by atoms with E-state index in [2.05, 4.69) is 54.8 Å². The zero-order valence-corrected chi connectivity index (χ0v) is 25.4. The quantitative estimate of drug-likeness (QED) is 0.151. The van der Waals surface area contributed by atoms with Gasteiger partial charge >= 0.3 is 0 Å². The molecule has 1 amide bonds. The number of nitrogens with one attached hydrogen (secondary N) is 1. The second kappa shape index (κ2) is 11.3. The molecule has 2 aromatic carbocycles. The van der Waals surface area contributed by atoms with E-state index in [0.717, 1.165) is 10.6 Å². The number of thiazole rings is 1. The van der Waals surface area contributed by atoms with Gasteiger partial charge in [-0.2, -0.15) is 0 Å². The molecule has 12 heteroatoms. The van der Waals surface area contributed by atoms with Crippen molar-refractivity contribution >= 4 is 62.2 Å². The number of para-hydroxylation sites is 1. The standard InChI is InChI=1S/C30H23IN8O2S/c1-17(31)22-13-14-38-28(35-22)25(26(32)37-38)29(40)34-18(2)27-36-23-10-6-7-19(11-12-21-15-33-16-42-21)24(23)30(41)39(27)20-8-4-3-5-9-20/h3-10,13-18H,1-2H3,(H2,32,37)(H,34,40). The minimum atomic E-state index is -0.692. The first-order valence-corrected chi connectivity index (χ1v) is 15.1. The summed E-state index contributed by atoms with van der Waals surface area (Å²) in [7, 11) is 0. The molecule has 6 rings (SSSR count). The maximum absolute atomic E-state index is 14.2. The van der Waals surface area contributed by atoms with Crippen LogP contribution in [-0.4, -0.2) is 35.0 Å². The highest BCUT2D eigenvalue weighted by Gasteiger charge is 2.25. The normalized spacial score (nSPS) is 12.5. The molecule has 4 aromatic heterocycles. The van der Waals surface area contributed by atoms with Crippen molar-refractivity contribution in [3.05, 3.63) is 110 Å². The van der Waals surface area contributed by atoms with Gasteiger partial charge in [0.25, 0.3) is 11.5 Å². The summed E-state index contributed by atoms with van der Waals surface area (Å²) in [6.45, 7) is 3.78. The summed E-state index contributed by atoms with van der Waals surface area (Å²) >= 11 is 3.68. The Labute approximate surface area is 257 Å². The Morgan fingerprint density at radius 3 is 2.62 bits per heavy atom. The van der Waals surface area contributed by atoms with Gasteiger partial charge in [0.15, 0.2) is 11.5 Å². The van der Waals surface area contributed by atoms with Gasteiger partial charge in [-0.15, -0.1) is 16.4 Å². The van der Waals surface area contributed by atoms with E-state index in [9.17, 15) is 9.59 Å². The van der Waals surface area contributed by atoms with E-state index in [4.69, 9.17) is 10.7 Å². The monoisotopic (exact) mass is 686 g/mol. The molecule has 0 spiro atoms. The van der Waals surface area contributed by atoms with E-state index in [-0.39, 0.29) is 20.9 Å². The Morgan fingerprint density at radius 2 is 1.88 bits per heavy atom. The van der Waals surface area contributed by atoms with Crippen LogP contribution in [0.5, 0.6) is 0 Å². The summed E-state index contributed by atoms with van der Waals surface area (Å²) in [6.07, 6.45) is 3.41. The van der Waals surface area contributed by atoms with Gasteiger partial charge < -0.3 is 11.1 Å². The third kappa shape index (κ3) is 5.12. The molecule has 42 heavy (non-hydrogen) atoms. The fourth-order valence-corrected chi connectivity index (χ4v) is 5.42. The number of alkyl halides is 1. The first-order valence-electron chi connectivity index (χ1n) is 12.9. The van der Waals surface area contributed by atoms with Crippen LogP contribution >= 0.6 is 33.9 Å². The molecule has 0 radical (unpaired) electrons. The molecule has 6 aromatic rings. The van der Waals surface area contributed by atoms with Gasteiger partial charge in [-0.1, -0.05) is 52.8 Å². The van der Waals surface area contributed by atoms with Crippen molar-refractivity contribution in [1.82, 2.24) is 34.4 Å². The number of hydrogen-bond acceptors (Lipinski definition) is 8. The number of nitrogens with two attached hydrogens (primary N) is 1. The number of carbonyl (C=O) groups excluding carboxylic acids is 1. The summed E-state index contributed by atoms with van der Waals surface area (Å²) < 4.78 is 3.12. The SMILES string of the molecule is CC(I)c1ccn2nc(N)c(C(=O)NC(C)c3nc4cccc(C#Cc5cncs5)c4c(=O)n3-c3ccccc3)c2n1. The summed E-state index contributed by atoms with van der Waals surface area (Å²) in [5.74, 6) is 6.12. The lowest BCUT2D eigenvalue weighted by Gasteiger charge is -2.20. The molecule has 208 valence electrons. The third-order valence-corrected chi connectivity index (χ3v) is 7.92. The molecular weight excluding hydrogens is 663 g/mol. The zero-order valence-electron chi connectivity index (χ0n) is 22.4. The summed E-state index contributed by atoms with van der Waals surface area (Å²) in [5.41, 5.74) is 10.5. The van der Waals surface area contributed by atoms with Crippen molar-refractivity contribution in [2.75, 3.05) is 5.73 Å². The number of halogens is 1. The van der Waals surface area contributed by atoms with Gasteiger partial charge in [0.1, 0.15) is 11.4 Å². The number of fused-ring (bicyclic) bond motifs is 2. The number of amides is 1. The molecule has 0 saturated heterocycles. The van der Waals surface area contributed by atoms with E-state index in [1.807, 2.05) is 49.4 Å². The fraction of sp³-hybridized carbons (Fsp3) is 0.133. The smallest absolute Gasteiger partial charge is 0.267 e. The number of nitrogen functional groups attached to an aromatic ring is 1. The van der Waals surface area contributed by atoms with Gasteiger partial charge in [0.05, 0.1) is 48.8 Å². The predicted octanol–water partition coefficient (Wildman–Crippen LogP) is 4.85. The number of benzene rings is 2. The third-order valence-electron chi connectivity index (χ3n) is 6.59. The van der Waals surface area contributed by atoms with E-state index >= 15 is 0 Å². The number of carbonyl (C=O) groups is 1. The number of rotatable bonds is 5. The maximum Gasteiger partial charge on any atom is 0.267 e. The summed E-state index contributed by atoms with van der Waals surface area (Å²) in [5, 5.41) is 7.62. The van der Waals surface area contributed by atoms with Crippen LogP contribution in [0.25, 0.3) is 22.2 Å². The Morgan fingerprint density at radius 1 is 1.07 bits per heavy atom. The summed E-state index contributed by atoms with van der Waals surface area (Å²) in [6, 6.07) is 15.7. The van der Waals surface area contributed by atoms with Crippen LogP contribution in [0.15, 0.2) is 77.3 Å². The van der Waals surface area contributed by atoms with E-state index in [0.29, 0.717) is 33.6 Å². The molecule has 3 N–H and O–H groups in total. The number of hydrogen-bond donors (Lipinski definition) is 2. The van der Waals surface area contributed by atoms with Crippen molar-refractivity contribution in [3.63, 3.8) is 0 Å².